The van der Waals surface area contributed by atoms with Gasteiger partial charge in [0, 0.05) is 19.3 Å². The maximum Gasteiger partial charge on any atom is 0.407 e. The minimum Gasteiger partial charge on any atom is -0.444 e. The lowest BCUT2D eigenvalue weighted by molar-refractivity contribution is 0.0527. The number of allylic oxidation sites excluding steroid dienone is 1. The van der Waals surface area contributed by atoms with Gasteiger partial charge in [0.15, 0.2) is 0 Å². The van der Waals surface area contributed by atoms with Gasteiger partial charge >= 0.3 is 6.09 Å². The summed E-state index contributed by atoms with van der Waals surface area (Å²) in [5, 5.41) is 13.5. The summed E-state index contributed by atoms with van der Waals surface area (Å²) < 4.78 is 5.21. The first-order valence-corrected chi connectivity index (χ1v) is 10.0. The number of aromatic nitrogens is 2. The number of nitrogens with one attached hydrogen (secondary N) is 3. The van der Waals surface area contributed by atoms with Crippen LogP contribution in [0.1, 0.15) is 52.1 Å². The molecule has 156 valence electrons. The molecule has 0 unspecified atom stereocenters. The molecule has 0 fully saturated rings. The minimum absolute atomic E-state index is 0.364. The summed E-state index contributed by atoms with van der Waals surface area (Å²) in [5.41, 5.74) is 2.75. The van der Waals surface area contributed by atoms with E-state index in [0.717, 1.165) is 54.7 Å². The second kappa shape index (κ2) is 11.1. The predicted molar refractivity (Wildman–Crippen MR) is 117 cm³/mol. The van der Waals surface area contributed by atoms with Crippen LogP contribution in [-0.4, -0.2) is 41.0 Å². The van der Waals surface area contributed by atoms with E-state index in [1.165, 1.54) is 6.21 Å². The van der Waals surface area contributed by atoms with E-state index in [1.807, 2.05) is 45.0 Å². The highest BCUT2D eigenvalue weighted by Gasteiger charge is 2.15. The maximum absolute atomic E-state index is 11.6. The van der Waals surface area contributed by atoms with Crippen LogP contribution in [-0.2, 0) is 4.74 Å². The van der Waals surface area contributed by atoms with Crippen molar-refractivity contribution < 1.29 is 9.53 Å². The number of para-hydroxylation sites is 2. The molecular formula is C22H31N5O2. The number of ether oxygens (including phenoxy) is 1. The Morgan fingerprint density at radius 2 is 1.72 bits per heavy atom. The molecule has 0 aliphatic rings. The van der Waals surface area contributed by atoms with Gasteiger partial charge in [0.05, 0.1) is 22.9 Å². The lowest BCUT2D eigenvalue weighted by atomic mass is 10.2. The zero-order valence-electron chi connectivity index (χ0n) is 17.5. The van der Waals surface area contributed by atoms with Crippen LogP contribution in [0.2, 0.25) is 0 Å². The lowest BCUT2D eigenvalue weighted by Gasteiger charge is -2.19. The fourth-order valence-corrected chi connectivity index (χ4v) is 2.74. The Morgan fingerprint density at radius 3 is 2.38 bits per heavy atom. The van der Waals surface area contributed by atoms with Gasteiger partial charge in [-0.1, -0.05) is 25.0 Å². The Bertz CT molecular complexity index is 842. The summed E-state index contributed by atoms with van der Waals surface area (Å²) in [4.78, 5) is 20.6. The molecule has 1 aromatic carbocycles. The Balaban J connectivity index is 1.69. The van der Waals surface area contributed by atoms with Gasteiger partial charge in [0.1, 0.15) is 11.3 Å². The summed E-state index contributed by atoms with van der Waals surface area (Å²) in [6.07, 6.45) is 8.29. The molecule has 0 spiro atoms. The summed E-state index contributed by atoms with van der Waals surface area (Å²) in [5.74, 6) is 0. The molecule has 0 aliphatic carbocycles. The SMILES string of the molecule is CC(C)(C)OC(=O)NCCCCCCN/C(=C\C=N)c1cnc2ccccc2n1. The van der Waals surface area contributed by atoms with Crippen LogP contribution < -0.4 is 10.6 Å². The molecule has 3 N–H and O–H groups in total. The number of unbranched alkanes of at least 4 members (excludes halogenated alkanes) is 3. The second-order valence-electron chi connectivity index (χ2n) is 7.76. The van der Waals surface area contributed by atoms with Crippen LogP contribution in [0.3, 0.4) is 0 Å². The molecule has 0 aliphatic heterocycles. The molecular weight excluding hydrogens is 366 g/mol. The molecule has 2 aromatic rings. The Kier molecular flexibility index (Phi) is 8.58. The zero-order valence-corrected chi connectivity index (χ0v) is 17.5. The zero-order chi connectivity index (χ0) is 21.1. The second-order valence-corrected chi connectivity index (χ2v) is 7.76. The van der Waals surface area contributed by atoms with E-state index in [2.05, 4.69) is 20.6 Å². The molecule has 1 heterocycles. The number of benzene rings is 1. The van der Waals surface area contributed by atoms with Crippen LogP contribution in [0, 0.1) is 5.41 Å². The number of fused-ring (bicyclic) bond motifs is 1. The Labute approximate surface area is 172 Å². The van der Waals surface area contributed by atoms with Gasteiger partial charge in [-0.25, -0.2) is 9.78 Å². The van der Waals surface area contributed by atoms with Crippen molar-refractivity contribution in [3.8, 4) is 0 Å². The molecule has 0 bridgehead atoms. The van der Waals surface area contributed by atoms with E-state index in [1.54, 1.807) is 12.3 Å². The van der Waals surface area contributed by atoms with Crippen molar-refractivity contribution in [2.24, 2.45) is 0 Å². The van der Waals surface area contributed by atoms with Crippen LogP contribution in [0.25, 0.3) is 16.7 Å². The first-order valence-electron chi connectivity index (χ1n) is 10.0. The summed E-state index contributed by atoms with van der Waals surface area (Å²) >= 11 is 0. The number of alkyl carbamates (subject to hydrolysis) is 1. The number of hydrogen-bond donors (Lipinski definition) is 3. The number of amides is 1. The first kappa shape index (κ1) is 22.3. The fraction of sp³-hybridized carbons (Fsp3) is 0.455. The summed E-state index contributed by atoms with van der Waals surface area (Å²) in [7, 11) is 0. The third-order valence-electron chi connectivity index (χ3n) is 4.06. The summed E-state index contributed by atoms with van der Waals surface area (Å²) in [6, 6.07) is 7.73. The van der Waals surface area contributed by atoms with E-state index < -0.39 is 5.60 Å². The van der Waals surface area contributed by atoms with E-state index in [0.29, 0.717) is 6.54 Å². The van der Waals surface area contributed by atoms with Gasteiger partial charge < -0.3 is 20.8 Å². The van der Waals surface area contributed by atoms with Crippen molar-refractivity contribution in [3.63, 3.8) is 0 Å². The van der Waals surface area contributed by atoms with Gasteiger partial charge in [-0.3, -0.25) is 4.98 Å². The third-order valence-corrected chi connectivity index (χ3v) is 4.06. The standard InChI is InChI=1S/C22H31N5O2/c1-22(2,3)29-21(28)25-15-9-5-4-8-14-24-18(12-13-23)20-16-26-17-10-6-7-11-19(17)27-20/h6-7,10-13,16,23-24H,4-5,8-9,14-15H2,1-3H3,(H,25,28)/b18-12-,23-13?. The van der Waals surface area contributed by atoms with Gasteiger partial charge in [-0.05, 0) is 51.8 Å². The van der Waals surface area contributed by atoms with Crippen LogP contribution >= 0.6 is 0 Å². The number of rotatable bonds is 10. The van der Waals surface area contributed by atoms with Crippen LogP contribution in [0.5, 0.6) is 0 Å². The third kappa shape index (κ3) is 8.29. The molecule has 29 heavy (non-hydrogen) atoms. The largest absolute Gasteiger partial charge is 0.444 e. The number of nitrogens with zero attached hydrogens (tertiary/aromatic N) is 2. The van der Waals surface area contributed by atoms with E-state index in [-0.39, 0.29) is 6.09 Å². The monoisotopic (exact) mass is 397 g/mol. The van der Waals surface area contributed by atoms with Crippen LogP contribution in [0.15, 0.2) is 36.5 Å². The first-order chi connectivity index (χ1) is 13.9. The predicted octanol–water partition coefficient (Wildman–Crippen LogP) is 4.29. The van der Waals surface area contributed by atoms with Gasteiger partial charge in [0.2, 0.25) is 0 Å². The smallest absolute Gasteiger partial charge is 0.407 e. The van der Waals surface area contributed by atoms with Crippen molar-refractivity contribution in [2.75, 3.05) is 13.1 Å². The van der Waals surface area contributed by atoms with Crippen molar-refractivity contribution in [3.05, 3.63) is 42.2 Å². The normalized spacial score (nSPS) is 11.9. The highest BCUT2D eigenvalue weighted by atomic mass is 16.6. The topological polar surface area (TPSA) is 100.0 Å². The highest BCUT2D eigenvalue weighted by molar-refractivity contribution is 5.83. The van der Waals surface area contributed by atoms with E-state index >= 15 is 0 Å². The van der Waals surface area contributed by atoms with Crippen LogP contribution in [0.4, 0.5) is 4.79 Å². The number of hydrogen-bond acceptors (Lipinski definition) is 6. The summed E-state index contributed by atoms with van der Waals surface area (Å²) in [6.45, 7) is 6.96. The fourth-order valence-electron chi connectivity index (χ4n) is 2.74. The quantitative estimate of drug-likeness (QED) is 0.410. The van der Waals surface area contributed by atoms with Crippen molar-refractivity contribution >= 4 is 29.0 Å². The lowest BCUT2D eigenvalue weighted by Crippen LogP contribution is -2.32. The molecule has 0 radical (unpaired) electrons. The molecule has 1 aromatic heterocycles. The molecule has 0 atom stereocenters. The van der Waals surface area contributed by atoms with Gasteiger partial charge in [0.25, 0.3) is 0 Å². The molecule has 7 nitrogen and oxygen atoms in total. The minimum atomic E-state index is -0.465. The van der Waals surface area contributed by atoms with Gasteiger partial charge in [-0.15, -0.1) is 0 Å². The average Bonchev–Trinajstić information content (AvgIpc) is 2.67. The number of carbonyl (C=O) groups excluding carboxylic acids is 1. The molecule has 7 heteroatoms. The highest BCUT2D eigenvalue weighted by Crippen LogP contribution is 2.13. The van der Waals surface area contributed by atoms with Crippen molar-refractivity contribution in [1.29, 1.82) is 5.41 Å². The number of carbonyl (C=O) groups is 1. The van der Waals surface area contributed by atoms with Crippen molar-refractivity contribution in [1.82, 2.24) is 20.6 Å². The Hall–Kier alpha value is -2.96. The average molecular weight is 398 g/mol. The van der Waals surface area contributed by atoms with Gasteiger partial charge in [-0.2, -0.15) is 0 Å². The van der Waals surface area contributed by atoms with Crippen molar-refractivity contribution in [2.45, 2.75) is 52.1 Å². The maximum atomic E-state index is 11.6. The van der Waals surface area contributed by atoms with E-state index in [9.17, 15) is 4.79 Å². The molecule has 2 rings (SSSR count). The Morgan fingerprint density at radius 1 is 1.07 bits per heavy atom. The molecule has 1 amide bonds. The van der Waals surface area contributed by atoms with E-state index in [4.69, 9.17) is 10.1 Å². The molecule has 0 saturated carbocycles. The molecule has 0 saturated heterocycles.